The molecule has 0 saturated carbocycles. The standard InChI is InChI=1S/C19H20F3N3O2/c1-13-6-8-15(9-7-13)24-17(26)12-25(2)18(27)11-23-16-5-3-4-14(10-16)19(20,21)22/h3-10,23H,11-12H2,1-2H3,(H,24,26). The van der Waals surface area contributed by atoms with Crippen LogP contribution in [0.25, 0.3) is 0 Å². The van der Waals surface area contributed by atoms with Crippen LogP contribution in [0.3, 0.4) is 0 Å². The monoisotopic (exact) mass is 379 g/mol. The predicted octanol–water partition coefficient (Wildman–Crippen LogP) is 3.52. The van der Waals surface area contributed by atoms with E-state index in [0.29, 0.717) is 5.69 Å². The molecule has 0 aromatic heterocycles. The molecule has 0 saturated heterocycles. The van der Waals surface area contributed by atoms with Crippen LogP contribution in [0.4, 0.5) is 24.5 Å². The zero-order valence-electron chi connectivity index (χ0n) is 14.9. The van der Waals surface area contributed by atoms with Crippen LogP contribution in [0.15, 0.2) is 48.5 Å². The molecule has 0 fully saturated rings. The van der Waals surface area contributed by atoms with Crippen LogP contribution in [0.2, 0.25) is 0 Å². The van der Waals surface area contributed by atoms with Crippen molar-refractivity contribution in [1.29, 1.82) is 0 Å². The van der Waals surface area contributed by atoms with Gasteiger partial charge in [-0.25, -0.2) is 0 Å². The number of amides is 2. The van der Waals surface area contributed by atoms with Crippen molar-refractivity contribution in [2.45, 2.75) is 13.1 Å². The summed E-state index contributed by atoms with van der Waals surface area (Å²) in [6, 6.07) is 11.8. The summed E-state index contributed by atoms with van der Waals surface area (Å²) >= 11 is 0. The van der Waals surface area contributed by atoms with E-state index in [0.717, 1.165) is 17.7 Å². The average Bonchev–Trinajstić information content (AvgIpc) is 2.61. The number of aryl methyl sites for hydroxylation is 1. The Morgan fingerprint density at radius 3 is 2.33 bits per heavy atom. The summed E-state index contributed by atoms with van der Waals surface area (Å²) in [5.41, 5.74) is 1.05. The molecule has 0 aliphatic carbocycles. The summed E-state index contributed by atoms with van der Waals surface area (Å²) < 4.78 is 38.1. The van der Waals surface area contributed by atoms with Gasteiger partial charge in [0.15, 0.2) is 0 Å². The third-order valence-corrected chi connectivity index (χ3v) is 3.78. The average molecular weight is 379 g/mol. The van der Waals surface area contributed by atoms with Crippen molar-refractivity contribution < 1.29 is 22.8 Å². The Hall–Kier alpha value is -3.03. The zero-order chi connectivity index (χ0) is 20.0. The van der Waals surface area contributed by atoms with Gasteiger partial charge < -0.3 is 15.5 Å². The first-order valence-corrected chi connectivity index (χ1v) is 8.17. The second kappa shape index (κ2) is 8.57. The minimum atomic E-state index is -4.45. The first kappa shape index (κ1) is 20.3. The van der Waals surface area contributed by atoms with Crippen molar-refractivity contribution >= 4 is 23.2 Å². The van der Waals surface area contributed by atoms with E-state index in [2.05, 4.69) is 10.6 Å². The Morgan fingerprint density at radius 1 is 1.04 bits per heavy atom. The highest BCUT2D eigenvalue weighted by Crippen LogP contribution is 2.30. The van der Waals surface area contributed by atoms with Crippen molar-refractivity contribution in [3.63, 3.8) is 0 Å². The summed E-state index contributed by atoms with van der Waals surface area (Å²) in [6.07, 6.45) is -4.45. The largest absolute Gasteiger partial charge is 0.416 e. The Labute approximate surface area is 155 Å². The molecular formula is C19H20F3N3O2. The molecule has 0 spiro atoms. The highest BCUT2D eigenvalue weighted by atomic mass is 19.4. The summed E-state index contributed by atoms with van der Waals surface area (Å²) in [5.74, 6) is -0.791. The van der Waals surface area contributed by atoms with Gasteiger partial charge in [-0.15, -0.1) is 0 Å². The van der Waals surface area contributed by atoms with Crippen molar-refractivity contribution in [3.8, 4) is 0 Å². The molecule has 27 heavy (non-hydrogen) atoms. The maximum Gasteiger partial charge on any atom is 0.416 e. The number of halogens is 3. The number of benzene rings is 2. The number of alkyl halides is 3. The molecule has 2 amide bonds. The molecule has 0 aliphatic heterocycles. The maximum atomic E-state index is 12.7. The van der Waals surface area contributed by atoms with Gasteiger partial charge in [0.1, 0.15) is 0 Å². The molecule has 0 heterocycles. The van der Waals surface area contributed by atoms with E-state index in [9.17, 15) is 22.8 Å². The lowest BCUT2D eigenvalue weighted by Gasteiger charge is -2.18. The van der Waals surface area contributed by atoms with Crippen LogP contribution in [0.5, 0.6) is 0 Å². The van der Waals surface area contributed by atoms with Crippen LogP contribution in [0.1, 0.15) is 11.1 Å². The lowest BCUT2D eigenvalue weighted by molar-refractivity contribution is -0.137. The van der Waals surface area contributed by atoms with E-state index in [1.165, 1.54) is 24.1 Å². The quantitative estimate of drug-likeness (QED) is 0.807. The Kier molecular flexibility index (Phi) is 6.44. The second-order valence-corrected chi connectivity index (χ2v) is 6.10. The molecular weight excluding hydrogens is 359 g/mol. The number of carbonyl (C=O) groups excluding carboxylic acids is 2. The van der Waals surface area contributed by atoms with Gasteiger partial charge in [-0.2, -0.15) is 13.2 Å². The SMILES string of the molecule is Cc1ccc(NC(=O)CN(C)C(=O)CNc2cccc(C(F)(F)F)c2)cc1. The Bertz CT molecular complexity index is 805. The number of anilines is 2. The lowest BCUT2D eigenvalue weighted by Crippen LogP contribution is -2.38. The van der Waals surface area contributed by atoms with E-state index in [1.807, 2.05) is 19.1 Å². The molecule has 0 atom stereocenters. The number of carbonyl (C=O) groups is 2. The molecule has 8 heteroatoms. The molecule has 2 rings (SSSR count). The summed E-state index contributed by atoms with van der Waals surface area (Å²) in [4.78, 5) is 25.3. The zero-order valence-corrected chi connectivity index (χ0v) is 14.9. The second-order valence-electron chi connectivity index (χ2n) is 6.10. The molecule has 2 aromatic carbocycles. The van der Waals surface area contributed by atoms with E-state index in [1.54, 1.807) is 12.1 Å². The number of nitrogens with one attached hydrogen (secondary N) is 2. The fourth-order valence-electron chi connectivity index (χ4n) is 2.26. The normalized spacial score (nSPS) is 11.0. The van der Waals surface area contributed by atoms with E-state index in [-0.39, 0.29) is 24.7 Å². The Morgan fingerprint density at radius 2 is 1.70 bits per heavy atom. The van der Waals surface area contributed by atoms with Gasteiger partial charge in [-0.05, 0) is 37.3 Å². The summed E-state index contributed by atoms with van der Waals surface area (Å²) in [6.45, 7) is 1.53. The van der Waals surface area contributed by atoms with Crippen molar-refractivity contribution in [1.82, 2.24) is 4.90 Å². The molecule has 0 bridgehead atoms. The van der Waals surface area contributed by atoms with Crippen LogP contribution in [-0.2, 0) is 15.8 Å². The van der Waals surface area contributed by atoms with Gasteiger partial charge in [-0.3, -0.25) is 9.59 Å². The van der Waals surface area contributed by atoms with Crippen molar-refractivity contribution in [2.24, 2.45) is 0 Å². The fraction of sp³-hybridized carbons (Fsp3) is 0.263. The van der Waals surface area contributed by atoms with Gasteiger partial charge >= 0.3 is 6.18 Å². The topological polar surface area (TPSA) is 61.4 Å². The van der Waals surface area contributed by atoms with E-state index < -0.39 is 17.6 Å². The van der Waals surface area contributed by atoms with Crippen LogP contribution >= 0.6 is 0 Å². The number of likely N-dealkylation sites (N-methyl/N-ethyl adjacent to an activating group) is 1. The number of rotatable bonds is 6. The molecule has 5 nitrogen and oxygen atoms in total. The molecule has 0 radical (unpaired) electrons. The molecule has 144 valence electrons. The van der Waals surface area contributed by atoms with Crippen LogP contribution in [0, 0.1) is 6.92 Å². The van der Waals surface area contributed by atoms with Crippen molar-refractivity contribution in [2.75, 3.05) is 30.8 Å². The van der Waals surface area contributed by atoms with Crippen LogP contribution < -0.4 is 10.6 Å². The maximum absolute atomic E-state index is 12.7. The first-order chi connectivity index (χ1) is 12.6. The van der Waals surface area contributed by atoms with Crippen molar-refractivity contribution in [3.05, 3.63) is 59.7 Å². The van der Waals surface area contributed by atoms with Gasteiger partial charge in [0, 0.05) is 18.4 Å². The van der Waals surface area contributed by atoms with E-state index in [4.69, 9.17) is 0 Å². The molecule has 2 N–H and O–H groups in total. The van der Waals surface area contributed by atoms with Gasteiger partial charge in [-0.1, -0.05) is 23.8 Å². The smallest absolute Gasteiger partial charge is 0.376 e. The van der Waals surface area contributed by atoms with E-state index >= 15 is 0 Å². The number of nitrogens with zero attached hydrogens (tertiary/aromatic N) is 1. The predicted molar refractivity (Wildman–Crippen MR) is 97.4 cm³/mol. The fourth-order valence-corrected chi connectivity index (χ4v) is 2.26. The lowest BCUT2D eigenvalue weighted by atomic mass is 10.2. The highest BCUT2D eigenvalue weighted by Gasteiger charge is 2.30. The first-order valence-electron chi connectivity index (χ1n) is 8.17. The number of hydrogen-bond acceptors (Lipinski definition) is 3. The summed E-state index contributed by atoms with van der Waals surface area (Å²) in [7, 11) is 1.45. The minimum absolute atomic E-state index is 0.170. The Balaban J connectivity index is 1.85. The van der Waals surface area contributed by atoms with Gasteiger partial charge in [0.2, 0.25) is 11.8 Å². The molecule has 2 aromatic rings. The highest BCUT2D eigenvalue weighted by molar-refractivity contribution is 5.95. The van der Waals surface area contributed by atoms with Gasteiger partial charge in [0.05, 0.1) is 18.7 Å². The molecule has 0 unspecified atom stereocenters. The van der Waals surface area contributed by atoms with Gasteiger partial charge in [0.25, 0.3) is 0 Å². The number of hydrogen-bond donors (Lipinski definition) is 2. The third kappa shape index (κ3) is 6.32. The third-order valence-electron chi connectivity index (χ3n) is 3.78. The summed E-state index contributed by atoms with van der Waals surface area (Å²) in [5, 5.41) is 5.32. The molecule has 0 aliphatic rings. The minimum Gasteiger partial charge on any atom is -0.376 e. The van der Waals surface area contributed by atoms with Crippen LogP contribution in [-0.4, -0.2) is 36.9 Å².